The molecule has 0 saturated carbocycles. The molecule has 0 aliphatic carbocycles. The van der Waals surface area contributed by atoms with Gasteiger partial charge in [-0.15, -0.1) is 0 Å². The number of nitrogens with zero attached hydrogens (tertiary/aromatic N) is 2. The van der Waals surface area contributed by atoms with Crippen LogP contribution in [0.2, 0.25) is 0 Å². The summed E-state index contributed by atoms with van der Waals surface area (Å²) in [6.45, 7) is 4.99. The molecule has 7 nitrogen and oxygen atoms in total. The first kappa shape index (κ1) is 14.7. The van der Waals surface area contributed by atoms with Gasteiger partial charge in [0.2, 0.25) is 0 Å². The summed E-state index contributed by atoms with van der Waals surface area (Å²) < 4.78 is 9.89. The lowest BCUT2D eigenvalue weighted by molar-refractivity contribution is -0.123. The molecule has 1 amide bonds. The van der Waals surface area contributed by atoms with Gasteiger partial charge in [0.15, 0.2) is 11.9 Å². The topological polar surface area (TPSA) is 94.3 Å². The Kier molecular flexibility index (Phi) is 4.32. The fraction of sp³-hybridized carbons (Fsp3) is 0.286. The normalized spacial score (nSPS) is 11.8. The van der Waals surface area contributed by atoms with E-state index in [1.165, 1.54) is 13.1 Å². The summed E-state index contributed by atoms with van der Waals surface area (Å²) in [5.74, 6) is -0.253. The zero-order valence-electron chi connectivity index (χ0n) is 11.9. The second kappa shape index (κ2) is 6.17. The highest BCUT2D eigenvalue weighted by atomic mass is 16.5. The number of hydrogen-bond acceptors (Lipinski definition) is 6. The smallest absolute Gasteiger partial charge is 0.340 e. The van der Waals surface area contributed by atoms with Gasteiger partial charge < -0.3 is 14.6 Å². The van der Waals surface area contributed by atoms with Crippen LogP contribution in [0, 0.1) is 13.8 Å². The van der Waals surface area contributed by atoms with E-state index in [0.717, 1.165) is 5.69 Å². The zero-order chi connectivity index (χ0) is 15.4. The van der Waals surface area contributed by atoms with Crippen LogP contribution >= 0.6 is 0 Å². The van der Waals surface area contributed by atoms with Crippen LogP contribution in [0.25, 0.3) is 0 Å². The molecule has 1 N–H and O–H groups in total. The Morgan fingerprint density at radius 2 is 2.10 bits per heavy atom. The van der Waals surface area contributed by atoms with Crippen LogP contribution < -0.4 is 5.32 Å². The molecule has 0 aliphatic rings. The summed E-state index contributed by atoms with van der Waals surface area (Å²) >= 11 is 0. The van der Waals surface area contributed by atoms with E-state index in [-0.39, 0.29) is 11.4 Å². The van der Waals surface area contributed by atoms with Crippen molar-refractivity contribution in [2.45, 2.75) is 26.9 Å². The SMILES string of the molecule is Cc1ccc(C(=O)OC(C)C(=O)Nc2cc(C)on2)cn1. The Morgan fingerprint density at radius 3 is 2.67 bits per heavy atom. The van der Waals surface area contributed by atoms with E-state index in [4.69, 9.17) is 9.26 Å². The summed E-state index contributed by atoms with van der Waals surface area (Å²) in [6, 6.07) is 4.85. The number of ether oxygens (including phenoxy) is 1. The number of anilines is 1. The van der Waals surface area contributed by atoms with Crippen LogP contribution in [0.1, 0.15) is 28.7 Å². The number of rotatable bonds is 4. The van der Waals surface area contributed by atoms with Crippen molar-refractivity contribution in [2.24, 2.45) is 0 Å². The minimum Gasteiger partial charge on any atom is -0.449 e. The van der Waals surface area contributed by atoms with Crippen molar-refractivity contribution < 1.29 is 18.8 Å². The number of esters is 1. The molecule has 0 radical (unpaired) electrons. The quantitative estimate of drug-likeness (QED) is 0.863. The average molecular weight is 289 g/mol. The van der Waals surface area contributed by atoms with Gasteiger partial charge in [0.05, 0.1) is 5.56 Å². The lowest BCUT2D eigenvalue weighted by atomic mass is 10.2. The van der Waals surface area contributed by atoms with Gasteiger partial charge in [-0.05, 0) is 32.9 Å². The van der Waals surface area contributed by atoms with E-state index in [2.05, 4.69) is 15.5 Å². The van der Waals surface area contributed by atoms with E-state index in [1.54, 1.807) is 25.1 Å². The lowest BCUT2D eigenvalue weighted by Gasteiger charge is -2.12. The molecule has 1 atom stereocenters. The fourth-order valence-electron chi connectivity index (χ4n) is 1.52. The predicted octanol–water partition coefficient (Wildman–Crippen LogP) is 1.87. The number of hydrogen-bond donors (Lipinski definition) is 1. The Balaban J connectivity index is 1.93. The maximum absolute atomic E-state index is 11.9. The molecule has 2 aromatic rings. The molecular weight excluding hydrogens is 274 g/mol. The third-order valence-electron chi connectivity index (χ3n) is 2.68. The van der Waals surface area contributed by atoms with E-state index < -0.39 is 18.0 Å². The Hall–Kier alpha value is -2.70. The number of aryl methyl sites for hydroxylation is 2. The summed E-state index contributed by atoms with van der Waals surface area (Å²) in [5, 5.41) is 6.12. The highest BCUT2D eigenvalue weighted by Crippen LogP contribution is 2.09. The Bertz CT molecular complexity index is 648. The molecule has 2 rings (SSSR count). The van der Waals surface area contributed by atoms with Gasteiger partial charge in [-0.3, -0.25) is 9.78 Å². The van der Waals surface area contributed by atoms with E-state index in [0.29, 0.717) is 5.76 Å². The predicted molar refractivity (Wildman–Crippen MR) is 73.7 cm³/mol. The largest absolute Gasteiger partial charge is 0.449 e. The van der Waals surface area contributed by atoms with Gasteiger partial charge in [-0.1, -0.05) is 5.16 Å². The van der Waals surface area contributed by atoms with Gasteiger partial charge >= 0.3 is 5.97 Å². The number of aromatic nitrogens is 2. The monoisotopic (exact) mass is 289 g/mol. The van der Waals surface area contributed by atoms with E-state index >= 15 is 0 Å². The maximum atomic E-state index is 11.9. The van der Waals surface area contributed by atoms with Gasteiger partial charge in [0.1, 0.15) is 5.76 Å². The number of nitrogens with one attached hydrogen (secondary N) is 1. The van der Waals surface area contributed by atoms with Crippen LogP contribution in [0.5, 0.6) is 0 Å². The van der Waals surface area contributed by atoms with Crippen LogP contribution in [-0.2, 0) is 9.53 Å². The maximum Gasteiger partial charge on any atom is 0.340 e. The third kappa shape index (κ3) is 3.88. The lowest BCUT2D eigenvalue weighted by Crippen LogP contribution is -2.30. The molecule has 2 heterocycles. The number of carbonyl (C=O) groups is 2. The number of amides is 1. The van der Waals surface area contributed by atoms with Crippen molar-refractivity contribution in [3.63, 3.8) is 0 Å². The molecule has 2 aromatic heterocycles. The van der Waals surface area contributed by atoms with E-state index in [1.807, 2.05) is 6.92 Å². The molecule has 21 heavy (non-hydrogen) atoms. The Labute approximate surface area is 121 Å². The van der Waals surface area contributed by atoms with Crippen LogP contribution in [0.15, 0.2) is 28.9 Å². The fourth-order valence-corrected chi connectivity index (χ4v) is 1.52. The van der Waals surface area contributed by atoms with Crippen LogP contribution in [0.3, 0.4) is 0 Å². The molecule has 1 unspecified atom stereocenters. The third-order valence-corrected chi connectivity index (χ3v) is 2.68. The average Bonchev–Trinajstić information content (AvgIpc) is 2.84. The van der Waals surface area contributed by atoms with Crippen molar-refractivity contribution in [1.29, 1.82) is 0 Å². The molecular formula is C14H15N3O4. The van der Waals surface area contributed by atoms with Gasteiger partial charge in [0, 0.05) is 18.0 Å². The van der Waals surface area contributed by atoms with Gasteiger partial charge in [-0.25, -0.2) is 4.79 Å². The Morgan fingerprint density at radius 1 is 1.33 bits per heavy atom. The zero-order valence-corrected chi connectivity index (χ0v) is 11.9. The van der Waals surface area contributed by atoms with Gasteiger partial charge in [-0.2, -0.15) is 0 Å². The molecule has 0 spiro atoms. The summed E-state index contributed by atoms with van der Waals surface area (Å²) in [6.07, 6.45) is 0.444. The van der Waals surface area contributed by atoms with Gasteiger partial charge in [0.25, 0.3) is 5.91 Å². The molecule has 0 fully saturated rings. The van der Waals surface area contributed by atoms with Crippen molar-refractivity contribution in [1.82, 2.24) is 10.1 Å². The van der Waals surface area contributed by atoms with E-state index in [9.17, 15) is 9.59 Å². The summed E-state index contributed by atoms with van der Waals surface area (Å²) in [7, 11) is 0. The standard InChI is InChI=1S/C14H15N3O4/c1-8-4-5-11(7-15-8)14(19)20-10(3)13(18)16-12-6-9(2)21-17-12/h4-7,10H,1-3H3,(H,16,17,18). The van der Waals surface area contributed by atoms with Crippen molar-refractivity contribution in [3.8, 4) is 0 Å². The van der Waals surface area contributed by atoms with Crippen molar-refractivity contribution in [2.75, 3.05) is 5.32 Å². The van der Waals surface area contributed by atoms with Crippen molar-refractivity contribution >= 4 is 17.7 Å². The first-order valence-electron chi connectivity index (χ1n) is 6.33. The molecule has 110 valence electrons. The minimum atomic E-state index is -0.962. The molecule has 0 aromatic carbocycles. The summed E-state index contributed by atoms with van der Waals surface area (Å²) in [5.41, 5.74) is 1.08. The van der Waals surface area contributed by atoms with Crippen LogP contribution in [0.4, 0.5) is 5.82 Å². The first-order chi connectivity index (χ1) is 9.95. The molecule has 0 saturated heterocycles. The molecule has 7 heteroatoms. The first-order valence-corrected chi connectivity index (χ1v) is 6.33. The summed E-state index contributed by atoms with van der Waals surface area (Å²) in [4.78, 5) is 27.7. The molecule has 0 aliphatic heterocycles. The second-order valence-corrected chi connectivity index (χ2v) is 4.55. The number of carbonyl (C=O) groups excluding carboxylic acids is 2. The number of pyridine rings is 1. The van der Waals surface area contributed by atoms with Crippen molar-refractivity contribution in [3.05, 3.63) is 41.4 Å². The van der Waals surface area contributed by atoms with Crippen LogP contribution in [-0.4, -0.2) is 28.1 Å². The minimum absolute atomic E-state index is 0.275. The highest BCUT2D eigenvalue weighted by Gasteiger charge is 2.20. The molecule has 0 bridgehead atoms. The second-order valence-electron chi connectivity index (χ2n) is 4.55. The highest BCUT2D eigenvalue weighted by molar-refractivity contribution is 5.96.